The van der Waals surface area contributed by atoms with Crippen LogP contribution < -0.4 is 5.32 Å². The Kier molecular flexibility index (Phi) is 5.48. The van der Waals surface area contributed by atoms with Crippen molar-refractivity contribution in [2.75, 3.05) is 11.1 Å². The smallest absolute Gasteiger partial charge is 0.236 e. The monoisotopic (exact) mass is 445 g/mol. The van der Waals surface area contributed by atoms with Crippen LogP contribution >= 0.6 is 11.8 Å². The Morgan fingerprint density at radius 2 is 1.91 bits per heavy atom. The average Bonchev–Trinajstić information content (AvgIpc) is 3.41. The number of aryl methyl sites for hydroxylation is 1. The number of tetrazole rings is 1. The van der Waals surface area contributed by atoms with Gasteiger partial charge in [0, 0.05) is 12.0 Å². The van der Waals surface area contributed by atoms with Crippen LogP contribution in [0.3, 0.4) is 0 Å². The van der Waals surface area contributed by atoms with E-state index in [0.717, 1.165) is 41.0 Å². The molecule has 5 rings (SSSR count). The average molecular weight is 446 g/mol. The summed E-state index contributed by atoms with van der Waals surface area (Å²) < 4.78 is 3.48. The molecule has 0 radical (unpaired) electrons. The van der Waals surface area contributed by atoms with E-state index in [1.54, 1.807) is 9.36 Å². The van der Waals surface area contributed by atoms with E-state index >= 15 is 0 Å². The van der Waals surface area contributed by atoms with Crippen LogP contribution in [0.1, 0.15) is 35.6 Å². The first-order valence-corrected chi connectivity index (χ1v) is 11.5. The summed E-state index contributed by atoms with van der Waals surface area (Å²) in [7, 11) is 0. The number of hydrogen-bond donors (Lipinski definition) is 1. The molecule has 8 nitrogen and oxygen atoms in total. The van der Waals surface area contributed by atoms with Crippen LogP contribution in [-0.4, -0.2) is 41.6 Å². The molecule has 0 atom stereocenters. The van der Waals surface area contributed by atoms with Gasteiger partial charge in [-0.3, -0.25) is 4.79 Å². The van der Waals surface area contributed by atoms with E-state index < -0.39 is 0 Å². The van der Waals surface area contributed by atoms with Crippen molar-refractivity contribution in [3.05, 3.63) is 71.4 Å². The molecule has 2 heterocycles. The SMILES string of the molecule is Cc1cccc(-n2nnnc2SCC(=O)Nc2cc(C3CC3)nn2-c2ccccc2)c1C. The second-order valence-electron chi connectivity index (χ2n) is 7.91. The third-order valence-corrected chi connectivity index (χ3v) is 6.49. The highest BCUT2D eigenvalue weighted by Crippen LogP contribution is 2.40. The maximum atomic E-state index is 12.8. The summed E-state index contributed by atoms with van der Waals surface area (Å²) in [5, 5.41) is 20.4. The molecule has 1 amide bonds. The van der Waals surface area contributed by atoms with Gasteiger partial charge in [-0.05, 0) is 66.4 Å². The van der Waals surface area contributed by atoms with Crippen LogP contribution in [0, 0.1) is 13.8 Å². The molecule has 1 N–H and O–H groups in total. The lowest BCUT2D eigenvalue weighted by Gasteiger charge is -2.10. The number of carbonyl (C=O) groups is 1. The molecular weight excluding hydrogens is 422 g/mol. The van der Waals surface area contributed by atoms with E-state index in [-0.39, 0.29) is 11.7 Å². The Labute approximate surface area is 190 Å². The van der Waals surface area contributed by atoms with Crippen molar-refractivity contribution in [3.63, 3.8) is 0 Å². The standard InChI is InChI=1S/C23H23N7OS/c1-15-7-6-10-20(16(15)2)30-23(25-27-28-30)32-14-22(31)24-21-13-19(17-11-12-17)26-29(21)18-8-4-3-5-9-18/h3-10,13,17H,11-12,14H2,1-2H3,(H,24,31). The summed E-state index contributed by atoms with van der Waals surface area (Å²) in [6, 6.07) is 17.8. The number of nitrogens with zero attached hydrogens (tertiary/aromatic N) is 6. The van der Waals surface area contributed by atoms with Gasteiger partial charge in [0.2, 0.25) is 11.1 Å². The Hall–Kier alpha value is -3.46. The molecule has 1 saturated carbocycles. The minimum absolute atomic E-state index is 0.134. The zero-order valence-corrected chi connectivity index (χ0v) is 18.7. The number of nitrogens with one attached hydrogen (secondary N) is 1. The quantitative estimate of drug-likeness (QED) is 0.431. The molecule has 2 aromatic heterocycles. The summed E-state index contributed by atoms with van der Waals surface area (Å²) in [4.78, 5) is 12.8. The largest absolute Gasteiger partial charge is 0.310 e. The van der Waals surface area contributed by atoms with Crippen LogP contribution in [0.2, 0.25) is 0 Å². The Morgan fingerprint density at radius 1 is 1.09 bits per heavy atom. The number of carbonyl (C=O) groups excluding carboxylic acids is 1. The van der Waals surface area contributed by atoms with E-state index in [0.29, 0.717) is 16.9 Å². The van der Waals surface area contributed by atoms with Crippen molar-refractivity contribution in [1.29, 1.82) is 0 Å². The Balaban J connectivity index is 1.32. The summed E-state index contributed by atoms with van der Waals surface area (Å²) >= 11 is 1.30. The van der Waals surface area contributed by atoms with Crippen molar-refractivity contribution < 1.29 is 4.79 Å². The van der Waals surface area contributed by atoms with Crippen molar-refractivity contribution in [3.8, 4) is 11.4 Å². The summed E-state index contributed by atoms with van der Waals surface area (Å²) in [6.45, 7) is 4.09. The van der Waals surface area contributed by atoms with Crippen LogP contribution in [-0.2, 0) is 4.79 Å². The molecule has 1 aliphatic rings. The predicted molar refractivity (Wildman–Crippen MR) is 124 cm³/mol. The summed E-state index contributed by atoms with van der Waals surface area (Å²) in [6.07, 6.45) is 2.30. The van der Waals surface area contributed by atoms with Gasteiger partial charge in [-0.2, -0.15) is 9.78 Å². The minimum Gasteiger partial charge on any atom is -0.310 e. The lowest BCUT2D eigenvalue weighted by molar-refractivity contribution is -0.113. The van der Waals surface area contributed by atoms with Gasteiger partial charge in [0.15, 0.2) is 0 Å². The number of hydrogen-bond acceptors (Lipinski definition) is 6. The van der Waals surface area contributed by atoms with Crippen LogP contribution in [0.4, 0.5) is 5.82 Å². The first kappa shape index (κ1) is 20.4. The molecule has 0 aliphatic heterocycles. The van der Waals surface area contributed by atoms with Crippen LogP contribution in [0.25, 0.3) is 11.4 Å². The topological polar surface area (TPSA) is 90.5 Å². The highest BCUT2D eigenvalue weighted by atomic mass is 32.2. The number of benzene rings is 2. The van der Waals surface area contributed by atoms with Crippen molar-refractivity contribution in [1.82, 2.24) is 30.0 Å². The van der Waals surface area contributed by atoms with E-state index in [2.05, 4.69) is 33.8 Å². The molecule has 0 unspecified atom stereocenters. The van der Waals surface area contributed by atoms with E-state index in [1.165, 1.54) is 11.8 Å². The third-order valence-electron chi connectivity index (χ3n) is 5.57. The molecule has 1 fully saturated rings. The third kappa shape index (κ3) is 4.16. The minimum atomic E-state index is -0.134. The predicted octanol–water partition coefficient (Wildman–Crippen LogP) is 4.07. The van der Waals surface area contributed by atoms with Gasteiger partial charge >= 0.3 is 0 Å². The molecule has 162 valence electrons. The second-order valence-corrected chi connectivity index (χ2v) is 8.85. The molecule has 32 heavy (non-hydrogen) atoms. The Morgan fingerprint density at radius 3 is 2.69 bits per heavy atom. The fraction of sp³-hybridized carbons (Fsp3) is 0.261. The maximum Gasteiger partial charge on any atom is 0.236 e. The van der Waals surface area contributed by atoms with Gasteiger partial charge in [-0.25, -0.2) is 4.68 Å². The highest BCUT2D eigenvalue weighted by Gasteiger charge is 2.28. The van der Waals surface area contributed by atoms with E-state index in [9.17, 15) is 4.79 Å². The van der Waals surface area contributed by atoms with Gasteiger partial charge in [-0.1, -0.05) is 42.1 Å². The van der Waals surface area contributed by atoms with Crippen LogP contribution in [0.15, 0.2) is 59.8 Å². The Bertz CT molecular complexity index is 1260. The number of thioether (sulfide) groups is 1. The number of rotatable bonds is 7. The lowest BCUT2D eigenvalue weighted by Crippen LogP contribution is -2.17. The van der Waals surface area contributed by atoms with Gasteiger partial charge in [-0.15, -0.1) is 5.10 Å². The van der Waals surface area contributed by atoms with Crippen LogP contribution in [0.5, 0.6) is 0 Å². The normalized spacial score (nSPS) is 13.3. The first-order valence-electron chi connectivity index (χ1n) is 10.5. The lowest BCUT2D eigenvalue weighted by atomic mass is 10.1. The molecule has 0 spiro atoms. The van der Waals surface area contributed by atoms with Crippen molar-refractivity contribution in [2.24, 2.45) is 0 Å². The number of aromatic nitrogens is 6. The summed E-state index contributed by atoms with van der Waals surface area (Å²) in [5.74, 6) is 1.22. The molecule has 2 aromatic carbocycles. The molecule has 9 heteroatoms. The van der Waals surface area contributed by atoms with E-state index in [4.69, 9.17) is 5.10 Å². The van der Waals surface area contributed by atoms with Gasteiger partial charge in [0.1, 0.15) is 5.82 Å². The summed E-state index contributed by atoms with van der Waals surface area (Å²) in [5.41, 5.74) is 5.11. The number of amides is 1. The van der Waals surface area contributed by atoms with Crippen molar-refractivity contribution >= 4 is 23.5 Å². The molecule has 1 aliphatic carbocycles. The highest BCUT2D eigenvalue weighted by molar-refractivity contribution is 7.99. The fourth-order valence-electron chi connectivity index (χ4n) is 3.53. The zero-order valence-electron chi connectivity index (χ0n) is 17.9. The van der Waals surface area contributed by atoms with E-state index in [1.807, 2.05) is 55.5 Å². The zero-order chi connectivity index (χ0) is 22.1. The maximum absolute atomic E-state index is 12.8. The number of para-hydroxylation sites is 1. The fourth-order valence-corrected chi connectivity index (χ4v) is 4.21. The molecular formula is C23H23N7OS. The second kappa shape index (κ2) is 8.58. The van der Waals surface area contributed by atoms with Gasteiger partial charge < -0.3 is 5.32 Å². The molecule has 4 aromatic rings. The van der Waals surface area contributed by atoms with Gasteiger partial charge in [0.05, 0.1) is 22.8 Å². The molecule has 0 bridgehead atoms. The van der Waals surface area contributed by atoms with Gasteiger partial charge in [0.25, 0.3) is 0 Å². The van der Waals surface area contributed by atoms with Crippen molar-refractivity contribution in [2.45, 2.75) is 37.8 Å². The number of anilines is 1. The molecule has 0 saturated heterocycles. The first-order chi connectivity index (χ1) is 15.6.